The van der Waals surface area contributed by atoms with Crippen molar-refractivity contribution in [2.75, 3.05) is 44.3 Å². The van der Waals surface area contributed by atoms with Crippen molar-refractivity contribution >= 4 is 52.4 Å². The lowest BCUT2D eigenvalue weighted by atomic mass is 9.49. The van der Waals surface area contributed by atoms with E-state index in [9.17, 15) is 34.7 Å². The lowest BCUT2D eigenvalue weighted by Crippen LogP contribution is -2.74. The van der Waals surface area contributed by atoms with E-state index in [2.05, 4.69) is 64.5 Å². The standard InChI is InChI=1S/C53H66ClN9O8S/c1-30(31-9-11-32(12-10-31)44-40(27-64)57-29-72-44)58-47(68)41-20-37(65)26-63(41)48(69)45(51(2,3)4)59-43(66)28-70-18-17-61-24-36-19-35(61)25-62(36)42-16-14-34(23-56-42)46(67)60-49-52(5,6)50(53(49,7)8)71-38-15-13-33(22-55)39(54)21-38/h9-16,21,23,29-30,35-37,41,45,49-50,64-65H,17-20,24-28H2,1-8H3,(H,58,68)(H,59,66)(H,60,67)/t30-,35-,36-,37+,41?,45?,49?,50?/m0/s1. The van der Waals surface area contributed by atoms with Crippen LogP contribution in [0.1, 0.15) is 101 Å². The van der Waals surface area contributed by atoms with Crippen molar-refractivity contribution in [2.45, 2.75) is 123 Å². The number of nitriles is 1. The summed E-state index contributed by atoms with van der Waals surface area (Å²) in [6.07, 6.45) is 1.53. The Balaban J connectivity index is 0.774. The molecule has 2 unspecified atom stereocenters. The number of nitrogens with one attached hydrogen (secondary N) is 3. The molecule has 384 valence electrons. The van der Waals surface area contributed by atoms with Gasteiger partial charge in [-0.3, -0.25) is 24.1 Å². The highest BCUT2D eigenvalue weighted by atomic mass is 35.5. The van der Waals surface area contributed by atoms with E-state index in [1.165, 1.54) is 16.2 Å². The second-order valence-electron chi connectivity index (χ2n) is 21.8. The molecule has 4 aromatic rings. The molecule has 5 N–H and O–H groups in total. The van der Waals surface area contributed by atoms with Crippen LogP contribution in [0.15, 0.2) is 66.3 Å². The Bertz CT molecular complexity index is 2670. The average Bonchev–Trinajstić information content (AvgIpc) is 4.17. The molecule has 1 aliphatic carbocycles. The van der Waals surface area contributed by atoms with Gasteiger partial charge in [0, 0.05) is 73.8 Å². The number of ether oxygens (including phenoxy) is 2. The first-order chi connectivity index (χ1) is 34.1. The molecule has 3 saturated heterocycles. The first-order valence-corrected chi connectivity index (χ1v) is 25.8. The van der Waals surface area contributed by atoms with E-state index in [-0.39, 0.29) is 56.3 Å². The van der Waals surface area contributed by atoms with Gasteiger partial charge in [-0.2, -0.15) is 5.26 Å². The third kappa shape index (κ3) is 10.8. The number of pyridine rings is 1. The molecule has 2 bridgehead atoms. The Kier molecular flexibility index (Phi) is 15.4. The predicted molar refractivity (Wildman–Crippen MR) is 273 cm³/mol. The van der Waals surface area contributed by atoms with Gasteiger partial charge >= 0.3 is 0 Å². The fraction of sp³-hybridized carbons (Fsp3) is 0.528. The van der Waals surface area contributed by atoms with Crippen molar-refractivity contribution in [3.8, 4) is 22.3 Å². The van der Waals surface area contributed by atoms with E-state index in [0.29, 0.717) is 40.7 Å². The molecule has 2 aromatic carbocycles. The zero-order valence-electron chi connectivity index (χ0n) is 42.1. The van der Waals surface area contributed by atoms with Crippen molar-refractivity contribution in [3.63, 3.8) is 0 Å². The summed E-state index contributed by atoms with van der Waals surface area (Å²) in [5, 5.41) is 39.0. The quantitative estimate of drug-likeness (QED) is 0.0828. The van der Waals surface area contributed by atoms with E-state index in [1.807, 2.05) is 64.1 Å². The lowest BCUT2D eigenvalue weighted by Gasteiger charge is -2.63. The van der Waals surface area contributed by atoms with Crippen molar-refractivity contribution in [3.05, 3.63) is 93.7 Å². The number of halogens is 1. The number of carbonyl (C=O) groups excluding carboxylic acids is 4. The molecule has 6 atom stereocenters. The summed E-state index contributed by atoms with van der Waals surface area (Å²) < 4.78 is 12.2. The van der Waals surface area contributed by atoms with Crippen LogP contribution in [0.4, 0.5) is 5.82 Å². The van der Waals surface area contributed by atoms with Crippen LogP contribution in [0.2, 0.25) is 5.02 Å². The van der Waals surface area contributed by atoms with Crippen LogP contribution in [0, 0.1) is 27.6 Å². The monoisotopic (exact) mass is 1020 g/mol. The minimum atomic E-state index is -0.982. The van der Waals surface area contributed by atoms with E-state index < -0.39 is 58.2 Å². The summed E-state index contributed by atoms with van der Waals surface area (Å²) in [5.74, 6) is -0.125. The number of β-amino-alcohol motifs (C(OH)–C–C–N with tert-alkyl or cyclic N) is 1. The molecule has 5 heterocycles. The van der Waals surface area contributed by atoms with E-state index in [0.717, 1.165) is 41.3 Å². The van der Waals surface area contributed by atoms with Gasteiger partial charge in [0.15, 0.2) is 0 Å². The molecule has 1 saturated carbocycles. The molecule has 4 fully saturated rings. The number of anilines is 1. The highest BCUT2D eigenvalue weighted by molar-refractivity contribution is 7.13. The molecule has 4 amide bonds. The van der Waals surface area contributed by atoms with E-state index in [1.54, 1.807) is 29.9 Å². The molecule has 19 heteroatoms. The first-order valence-electron chi connectivity index (χ1n) is 24.5. The van der Waals surface area contributed by atoms with Crippen LogP contribution in [0.5, 0.6) is 5.75 Å². The average molecular weight is 1020 g/mol. The van der Waals surface area contributed by atoms with Gasteiger partial charge in [-0.15, -0.1) is 11.3 Å². The second kappa shape index (κ2) is 21.0. The van der Waals surface area contributed by atoms with Crippen molar-refractivity contribution in [2.24, 2.45) is 16.2 Å². The largest absolute Gasteiger partial charge is 0.489 e. The molecule has 2 aromatic heterocycles. The highest BCUT2D eigenvalue weighted by Gasteiger charge is 2.64. The third-order valence-corrected chi connectivity index (χ3v) is 16.2. The van der Waals surface area contributed by atoms with Crippen molar-refractivity contribution in [1.29, 1.82) is 5.26 Å². The number of aromatic nitrogens is 2. The number of aliphatic hydroxyl groups is 2. The Labute approximate surface area is 430 Å². The number of piperazine rings is 1. The number of nitrogens with zero attached hydrogens (tertiary/aromatic N) is 6. The zero-order chi connectivity index (χ0) is 51.9. The molecular weight excluding hydrogens is 958 g/mol. The normalized spacial score (nSPS) is 24.0. The van der Waals surface area contributed by atoms with Crippen LogP contribution >= 0.6 is 22.9 Å². The number of aliphatic hydroxyl groups excluding tert-OH is 2. The lowest BCUT2D eigenvalue weighted by molar-refractivity contribution is -0.164. The molecule has 0 radical (unpaired) electrons. The molecule has 8 rings (SSSR count). The predicted octanol–water partition coefficient (Wildman–Crippen LogP) is 5.48. The summed E-state index contributed by atoms with van der Waals surface area (Å²) in [6, 6.07) is 16.5. The number of thiazole rings is 1. The second-order valence-corrected chi connectivity index (χ2v) is 23.1. The third-order valence-electron chi connectivity index (χ3n) is 14.9. The minimum absolute atomic E-state index is 0.0368. The van der Waals surface area contributed by atoms with Gasteiger partial charge in [0.1, 0.15) is 42.4 Å². The van der Waals surface area contributed by atoms with Gasteiger partial charge in [-0.25, -0.2) is 9.97 Å². The zero-order valence-corrected chi connectivity index (χ0v) is 43.7. The number of hydrogen-bond acceptors (Lipinski definition) is 14. The van der Waals surface area contributed by atoms with Gasteiger partial charge in [0.05, 0.1) is 57.6 Å². The maximum absolute atomic E-state index is 14.2. The van der Waals surface area contributed by atoms with Gasteiger partial charge in [0.25, 0.3) is 5.91 Å². The molecule has 17 nitrogen and oxygen atoms in total. The molecule has 4 aliphatic rings. The minimum Gasteiger partial charge on any atom is -0.489 e. The Morgan fingerprint density at radius 3 is 2.33 bits per heavy atom. The summed E-state index contributed by atoms with van der Waals surface area (Å²) >= 11 is 7.70. The smallest absolute Gasteiger partial charge is 0.253 e. The number of hydrogen-bond donors (Lipinski definition) is 5. The number of fused-ring (bicyclic) bond motifs is 2. The van der Waals surface area contributed by atoms with Crippen molar-refractivity contribution < 1.29 is 38.9 Å². The molecular formula is C53H66ClN9O8S. The van der Waals surface area contributed by atoms with E-state index in [4.69, 9.17) is 26.1 Å². The summed E-state index contributed by atoms with van der Waals surface area (Å²) in [6.45, 7) is 17.7. The van der Waals surface area contributed by atoms with Crippen LogP contribution < -0.4 is 25.6 Å². The summed E-state index contributed by atoms with van der Waals surface area (Å²) in [5.41, 5.74) is 3.37. The van der Waals surface area contributed by atoms with Crippen LogP contribution in [0.25, 0.3) is 10.4 Å². The molecule has 0 spiro atoms. The number of carbonyl (C=O) groups is 4. The fourth-order valence-electron chi connectivity index (χ4n) is 11.4. The number of amides is 4. The van der Waals surface area contributed by atoms with Gasteiger partial charge in [0.2, 0.25) is 17.7 Å². The van der Waals surface area contributed by atoms with Crippen molar-refractivity contribution in [1.82, 2.24) is 35.7 Å². The number of benzene rings is 2. The molecule has 3 aliphatic heterocycles. The Morgan fingerprint density at radius 1 is 0.972 bits per heavy atom. The van der Waals surface area contributed by atoms with Crippen LogP contribution in [-0.4, -0.2) is 135 Å². The van der Waals surface area contributed by atoms with Gasteiger partial charge < -0.3 is 45.4 Å². The molecule has 72 heavy (non-hydrogen) atoms. The Morgan fingerprint density at radius 2 is 1.71 bits per heavy atom. The SMILES string of the molecule is C[C@H](NC(=O)C1C[C@@H](O)CN1C(=O)C(NC(=O)COCCN1C[C@@H]2C[C@H]1CN2c1ccc(C(=O)NC2C(C)(C)C(Oc3ccc(C#N)c(Cl)c3)C2(C)C)cn1)C(C)(C)C)c1ccc(-c2scnc2CO)cc1. The summed E-state index contributed by atoms with van der Waals surface area (Å²) in [7, 11) is 0. The van der Waals surface area contributed by atoms with Crippen LogP contribution in [0.3, 0.4) is 0 Å². The van der Waals surface area contributed by atoms with E-state index >= 15 is 0 Å². The van der Waals surface area contributed by atoms with Gasteiger partial charge in [-0.1, -0.05) is 84.3 Å². The summed E-state index contributed by atoms with van der Waals surface area (Å²) in [4.78, 5) is 70.6. The Hall–Kier alpha value is -5.68. The van der Waals surface area contributed by atoms with Gasteiger partial charge in [-0.05, 0) is 54.2 Å². The fourth-order valence-corrected chi connectivity index (χ4v) is 12.4. The maximum Gasteiger partial charge on any atom is 0.253 e. The number of rotatable bonds is 17. The van der Waals surface area contributed by atoms with Crippen LogP contribution in [-0.2, 0) is 25.7 Å². The number of likely N-dealkylation sites (tertiary alicyclic amines) is 2. The topological polar surface area (TPSA) is 223 Å². The first kappa shape index (κ1) is 52.6. The maximum atomic E-state index is 14.2. The highest BCUT2D eigenvalue weighted by Crippen LogP contribution is 2.55.